The second kappa shape index (κ2) is 26.7. The lowest BCUT2D eigenvalue weighted by molar-refractivity contribution is -0.144. The zero-order valence-electron chi connectivity index (χ0n) is 32.2. The number of carbonyl (C=O) groups is 4. The van der Waals surface area contributed by atoms with Crippen molar-refractivity contribution in [2.75, 3.05) is 85.8 Å². The molecule has 0 aliphatic rings. The highest BCUT2D eigenvalue weighted by Crippen LogP contribution is 2.43. The molecule has 0 fully saturated rings. The first kappa shape index (κ1) is 46.4. The van der Waals surface area contributed by atoms with Gasteiger partial charge in [-0.3, -0.25) is 33.2 Å². The molecule has 2 N–H and O–H groups in total. The van der Waals surface area contributed by atoms with Crippen molar-refractivity contribution >= 4 is 43.5 Å². The fourth-order valence-corrected chi connectivity index (χ4v) is 5.79. The molecule has 2 unspecified atom stereocenters. The second-order valence-electron chi connectivity index (χ2n) is 12.2. The van der Waals surface area contributed by atoms with Crippen LogP contribution < -0.4 is 10.1 Å². The molecule has 0 radical (unpaired) electrons. The van der Waals surface area contributed by atoms with Gasteiger partial charge in [-0.2, -0.15) is 0 Å². The lowest BCUT2D eigenvalue weighted by Gasteiger charge is -2.17. The third-order valence-electron chi connectivity index (χ3n) is 7.86. The number of amides is 1. The Balaban J connectivity index is 0.954. The van der Waals surface area contributed by atoms with Gasteiger partial charge in [0.1, 0.15) is 26.4 Å². The molecule has 0 aliphatic heterocycles. The van der Waals surface area contributed by atoms with E-state index in [1.165, 1.54) is 0 Å². The number of benzene rings is 2. The van der Waals surface area contributed by atoms with E-state index in [0.717, 1.165) is 33.4 Å². The summed E-state index contributed by atoms with van der Waals surface area (Å²) in [7, 11) is -4.53. The highest BCUT2D eigenvalue weighted by Gasteiger charge is 2.24. The summed E-state index contributed by atoms with van der Waals surface area (Å²) in [5.41, 5.74) is 5.25. The molecule has 2 aromatic carbocycles. The molecule has 2 atom stereocenters. The SMILES string of the molecule is O=COCC(COP(=O)(O)OCCNC(=O)COCCOCC(=O)CCCOCCOCCOc1ncccc1-c1ccc(-c2cnc3ccccc3n2)cc1)OC=O. The molecule has 0 spiro atoms. The number of ether oxygens (including phenoxy) is 7. The smallest absolute Gasteiger partial charge is 0.472 e. The van der Waals surface area contributed by atoms with E-state index in [1.807, 2.05) is 60.7 Å². The number of hydrogen-bond acceptors (Lipinski definition) is 17. The zero-order chi connectivity index (χ0) is 42.0. The zero-order valence-corrected chi connectivity index (χ0v) is 33.1. The molecule has 0 saturated heterocycles. The molecule has 0 saturated carbocycles. The van der Waals surface area contributed by atoms with Crippen LogP contribution in [0.15, 0.2) is 73.1 Å². The van der Waals surface area contributed by atoms with Crippen molar-refractivity contribution in [1.82, 2.24) is 20.3 Å². The average Bonchev–Trinajstić information content (AvgIpc) is 3.25. The summed E-state index contributed by atoms with van der Waals surface area (Å²) in [5, 5.41) is 2.42. The van der Waals surface area contributed by atoms with E-state index in [2.05, 4.69) is 29.3 Å². The van der Waals surface area contributed by atoms with Crippen molar-refractivity contribution in [1.29, 1.82) is 0 Å². The fourth-order valence-electron chi connectivity index (χ4n) is 5.04. The predicted molar refractivity (Wildman–Crippen MR) is 209 cm³/mol. The van der Waals surface area contributed by atoms with Gasteiger partial charge in [-0.15, -0.1) is 0 Å². The number of phosphoric acid groups is 1. The molecule has 20 heteroatoms. The maximum absolute atomic E-state index is 12.1. The maximum atomic E-state index is 12.1. The van der Waals surface area contributed by atoms with Crippen LogP contribution in [0, 0.1) is 0 Å². The normalized spacial score (nSPS) is 12.6. The van der Waals surface area contributed by atoms with Crippen molar-refractivity contribution in [2.45, 2.75) is 18.9 Å². The highest BCUT2D eigenvalue weighted by molar-refractivity contribution is 7.47. The van der Waals surface area contributed by atoms with Gasteiger partial charge < -0.3 is 43.4 Å². The molecular formula is C39H47N4O15P. The Morgan fingerprint density at radius 3 is 2.24 bits per heavy atom. The van der Waals surface area contributed by atoms with Crippen LogP contribution in [0.2, 0.25) is 0 Å². The average molecular weight is 843 g/mol. The Kier molecular flexibility index (Phi) is 21.0. The van der Waals surface area contributed by atoms with E-state index in [4.69, 9.17) is 33.2 Å². The van der Waals surface area contributed by atoms with Crippen LogP contribution in [0.4, 0.5) is 0 Å². The molecule has 0 bridgehead atoms. The number of hydrogen-bond donors (Lipinski definition) is 2. The Bertz CT molecular complexity index is 1940. The Labute approximate surface area is 340 Å². The number of fused-ring (bicyclic) bond motifs is 1. The number of rotatable bonds is 32. The standard InChI is InChI=1S/C39H47N4O15P/c44-28-54-25-33(56-29-45)26-58-59(48,49)57-16-14-40-38(47)27-53-20-19-52-24-32(46)5-4-15-50-17-18-51-21-22-55-39-34(6-3-13-41-39)30-9-11-31(12-10-30)37-23-42-35-7-1-2-8-36(35)43-37/h1-3,6-13,23,28-29,33H,4-5,14-22,24-27H2,(H,40,47)(H,48,49). The molecule has 4 aromatic rings. The largest absolute Gasteiger partial charge is 0.475 e. The minimum atomic E-state index is -4.53. The van der Waals surface area contributed by atoms with Gasteiger partial charge in [-0.25, -0.2) is 14.5 Å². The summed E-state index contributed by atoms with van der Waals surface area (Å²) >= 11 is 0. The van der Waals surface area contributed by atoms with Gasteiger partial charge in [0, 0.05) is 36.9 Å². The summed E-state index contributed by atoms with van der Waals surface area (Å²) in [5.74, 6) is -0.119. The van der Waals surface area contributed by atoms with Gasteiger partial charge in [0.2, 0.25) is 11.8 Å². The first-order valence-electron chi connectivity index (χ1n) is 18.5. The number of carbonyl (C=O) groups excluding carboxylic acids is 4. The molecule has 19 nitrogen and oxygen atoms in total. The topological polar surface area (TPSA) is 239 Å². The highest BCUT2D eigenvalue weighted by atomic mass is 31.2. The lowest BCUT2D eigenvalue weighted by atomic mass is 10.0. The molecule has 4 rings (SSSR count). The lowest BCUT2D eigenvalue weighted by Crippen LogP contribution is -2.31. The second-order valence-corrected chi connectivity index (χ2v) is 13.7. The molecule has 59 heavy (non-hydrogen) atoms. The van der Waals surface area contributed by atoms with Crippen molar-refractivity contribution in [3.05, 3.63) is 73.1 Å². The van der Waals surface area contributed by atoms with Crippen LogP contribution >= 0.6 is 7.82 Å². The minimum absolute atomic E-state index is 0.0589. The van der Waals surface area contributed by atoms with E-state index in [9.17, 15) is 28.6 Å². The maximum Gasteiger partial charge on any atom is 0.472 e. The van der Waals surface area contributed by atoms with Crippen LogP contribution in [-0.4, -0.2) is 136 Å². The van der Waals surface area contributed by atoms with E-state index in [-0.39, 0.29) is 71.3 Å². The molecule has 0 aliphatic carbocycles. The van der Waals surface area contributed by atoms with E-state index < -0.39 is 26.4 Å². The number of ketones is 1. The number of Topliss-reactive ketones (excluding diaryl/α,β-unsaturated/α-hetero) is 1. The van der Waals surface area contributed by atoms with Gasteiger partial charge in [-0.05, 0) is 36.2 Å². The van der Waals surface area contributed by atoms with Crippen LogP contribution in [0.1, 0.15) is 12.8 Å². The first-order chi connectivity index (χ1) is 28.8. The molecule has 2 heterocycles. The molecular weight excluding hydrogens is 795 g/mol. The van der Waals surface area contributed by atoms with Gasteiger partial charge in [0.25, 0.3) is 12.9 Å². The predicted octanol–water partition coefficient (Wildman–Crippen LogP) is 3.12. The summed E-state index contributed by atoms with van der Waals surface area (Å²) in [4.78, 5) is 67.9. The third kappa shape index (κ3) is 18.1. The summed E-state index contributed by atoms with van der Waals surface area (Å²) < 4.78 is 57.8. The summed E-state index contributed by atoms with van der Waals surface area (Å²) in [6.45, 7) is 0.207. The van der Waals surface area contributed by atoms with Crippen LogP contribution in [0.3, 0.4) is 0 Å². The monoisotopic (exact) mass is 842 g/mol. The number of phosphoric ester groups is 1. The number of pyridine rings is 1. The minimum Gasteiger partial charge on any atom is -0.475 e. The van der Waals surface area contributed by atoms with Gasteiger partial charge in [0.15, 0.2) is 11.9 Å². The number of nitrogens with one attached hydrogen (secondary N) is 1. The summed E-state index contributed by atoms with van der Waals surface area (Å²) in [6, 6.07) is 19.6. The van der Waals surface area contributed by atoms with Crippen molar-refractivity contribution < 1.29 is 70.8 Å². The number of para-hydroxylation sites is 2. The van der Waals surface area contributed by atoms with Gasteiger partial charge in [-0.1, -0.05) is 36.4 Å². The number of aromatic nitrogens is 3. The molecule has 1 amide bonds. The Morgan fingerprint density at radius 1 is 0.746 bits per heavy atom. The first-order valence-corrected chi connectivity index (χ1v) is 20.0. The Morgan fingerprint density at radius 2 is 1.46 bits per heavy atom. The van der Waals surface area contributed by atoms with Gasteiger partial charge in [0.05, 0.1) is 69.2 Å². The van der Waals surface area contributed by atoms with E-state index >= 15 is 0 Å². The third-order valence-corrected chi connectivity index (χ3v) is 8.85. The quantitative estimate of drug-likeness (QED) is 0.0408. The summed E-state index contributed by atoms with van der Waals surface area (Å²) in [6.07, 6.45) is 3.14. The number of nitrogens with zero attached hydrogens (tertiary/aromatic N) is 3. The van der Waals surface area contributed by atoms with E-state index in [0.29, 0.717) is 45.3 Å². The van der Waals surface area contributed by atoms with Crippen molar-refractivity contribution in [3.63, 3.8) is 0 Å². The van der Waals surface area contributed by atoms with Gasteiger partial charge >= 0.3 is 7.82 Å². The van der Waals surface area contributed by atoms with E-state index in [1.54, 1.807) is 12.4 Å². The van der Waals surface area contributed by atoms with Crippen LogP contribution in [0.25, 0.3) is 33.4 Å². The Hall–Kier alpha value is -5.24. The molecule has 2 aromatic heterocycles. The van der Waals surface area contributed by atoms with Crippen molar-refractivity contribution in [3.8, 4) is 28.3 Å². The molecule has 318 valence electrons. The van der Waals surface area contributed by atoms with Crippen molar-refractivity contribution in [2.24, 2.45) is 0 Å². The van der Waals surface area contributed by atoms with Crippen LogP contribution in [-0.2, 0) is 61.2 Å². The fraction of sp³-hybridized carbons (Fsp3) is 0.410. The van der Waals surface area contributed by atoms with Crippen LogP contribution in [0.5, 0.6) is 5.88 Å².